The fraction of sp³-hybridized carbons (Fsp3) is 1.00. The van der Waals surface area contributed by atoms with Crippen LogP contribution in [0.5, 0.6) is 0 Å². The summed E-state index contributed by atoms with van der Waals surface area (Å²) in [4.78, 5) is 2.00. The monoisotopic (exact) mass is 422 g/mol. The summed E-state index contributed by atoms with van der Waals surface area (Å²) in [6, 6.07) is 0. The summed E-state index contributed by atoms with van der Waals surface area (Å²) in [6.07, 6.45) is 29.4. The number of hydrogen-bond donors (Lipinski definition) is 1. The van der Waals surface area contributed by atoms with Crippen LogP contribution in [-0.4, -0.2) is 26.0 Å². The predicted octanol–water partition coefficient (Wildman–Crippen LogP) is 9.59. The Morgan fingerprint density at radius 3 is 0.571 bits per heavy atom. The van der Waals surface area contributed by atoms with E-state index in [1.807, 2.05) is 26.0 Å². The van der Waals surface area contributed by atoms with Crippen LogP contribution >= 0.6 is 12.4 Å². The molecule has 0 fully saturated rings. The van der Waals surface area contributed by atoms with E-state index in [-0.39, 0.29) is 18.6 Å². The third-order valence-electron chi connectivity index (χ3n) is 4.96. The first-order valence-electron chi connectivity index (χ1n) is 12.3. The van der Waals surface area contributed by atoms with E-state index in [2.05, 4.69) is 13.8 Å². The van der Waals surface area contributed by atoms with Crippen molar-refractivity contribution in [2.75, 3.05) is 21.1 Å². The predicted molar refractivity (Wildman–Crippen MR) is 136 cm³/mol. The van der Waals surface area contributed by atoms with Crippen LogP contribution in [0.1, 0.15) is 142 Å². The van der Waals surface area contributed by atoms with Gasteiger partial charge in [0.2, 0.25) is 0 Å². The fourth-order valence-corrected chi connectivity index (χ4v) is 3.33. The summed E-state index contributed by atoms with van der Waals surface area (Å²) in [5.74, 6) is 0. The Morgan fingerprint density at radius 2 is 0.464 bits per heavy atom. The molecule has 28 heavy (non-hydrogen) atoms. The molecule has 0 aliphatic heterocycles. The lowest BCUT2D eigenvalue weighted by Gasteiger charge is -2.03. The Bertz CT molecular complexity index is 200. The standard InChI is InChI=1S/C22H46.C3H9N.ClH.H3N/c1-3-5-7-9-11-13-15-17-19-21-22-20-18-16-14-12-10-8-6-4-2;1-4(2)3;;/h3-22H2,1-2H3;1-3H3;1H;1H3. The molecule has 3 N–H and O–H groups in total. The zero-order valence-electron chi connectivity index (χ0n) is 20.7. The minimum atomic E-state index is 0. The summed E-state index contributed by atoms with van der Waals surface area (Å²) in [6.45, 7) is 4.60. The average Bonchev–Trinajstić information content (AvgIpc) is 2.60. The first-order valence-corrected chi connectivity index (χ1v) is 12.3. The number of rotatable bonds is 19. The van der Waals surface area contributed by atoms with Gasteiger partial charge in [0, 0.05) is 0 Å². The number of hydrogen-bond acceptors (Lipinski definition) is 2. The van der Waals surface area contributed by atoms with Gasteiger partial charge in [0.05, 0.1) is 0 Å². The van der Waals surface area contributed by atoms with Crippen molar-refractivity contribution < 1.29 is 0 Å². The van der Waals surface area contributed by atoms with Gasteiger partial charge in [-0.1, -0.05) is 142 Å². The summed E-state index contributed by atoms with van der Waals surface area (Å²) < 4.78 is 0. The average molecular weight is 423 g/mol. The molecule has 0 aromatic heterocycles. The second-order valence-electron chi connectivity index (χ2n) is 8.71. The van der Waals surface area contributed by atoms with Crippen molar-refractivity contribution in [1.29, 1.82) is 0 Å². The maximum absolute atomic E-state index is 2.30. The maximum Gasteiger partial charge on any atom is -0.0140 e. The molecular weight excluding hydrogens is 364 g/mol. The van der Waals surface area contributed by atoms with Crippen molar-refractivity contribution in [2.24, 2.45) is 0 Å². The third kappa shape index (κ3) is 45.1. The van der Waals surface area contributed by atoms with Crippen LogP contribution in [0.2, 0.25) is 0 Å². The highest BCUT2D eigenvalue weighted by molar-refractivity contribution is 5.85. The fourth-order valence-electron chi connectivity index (χ4n) is 3.33. The molecule has 0 bridgehead atoms. The summed E-state index contributed by atoms with van der Waals surface area (Å²) >= 11 is 0. The van der Waals surface area contributed by atoms with Crippen LogP contribution in [0.15, 0.2) is 0 Å². The second kappa shape index (κ2) is 34.7. The van der Waals surface area contributed by atoms with Gasteiger partial charge < -0.3 is 11.1 Å². The minimum absolute atomic E-state index is 0. The van der Waals surface area contributed by atoms with Gasteiger partial charge in [-0.05, 0) is 21.1 Å². The van der Waals surface area contributed by atoms with Crippen LogP contribution in [0.25, 0.3) is 0 Å². The zero-order chi connectivity index (χ0) is 19.7. The summed E-state index contributed by atoms with van der Waals surface area (Å²) in [5, 5.41) is 0. The van der Waals surface area contributed by atoms with E-state index in [1.54, 1.807) is 0 Å². The van der Waals surface area contributed by atoms with E-state index < -0.39 is 0 Å². The molecule has 0 radical (unpaired) electrons. The molecule has 0 amide bonds. The SMILES string of the molecule is CCCCCCCCCCCCCCCCCCCCCC.CN(C)C.Cl.N. The van der Waals surface area contributed by atoms with Crippen LogP contribution in [0, 0.1) is 0 Å². The van der Waals surface area contributed by atoms with Gasteiger partial charge in [-0.15, -0.1) is 12.4 Å². The molecule has 0 aromatic rings. The molecule has 0 aliphatic rings. The van der Waals surface area contributed by atoms with Crippen molar-refractivity contribution in [1.82, 2.24) is 11.1 Å². The molecular formula is C25H59ClN2. The molecule has 0 saturated heterocycles. The first kappa shape index (κ1) is 35.6. The number of nitrogens with zero attached hydrogens (tertiary/aromatic N) is 1. The molecule has 176 valence electrons. The van der Waals surface area contributed by atoms with E-state index in [0.29, 0.717) is 0 Å². The molecule has 0 heterocycles. The van der Waals surface area contributed by atoms with Crippen molar-refractivity contribution in [2.45, 2.75) is 142 Å². The molecule has 0 aromatic carbocycles. The Labute approximate surface area is 187 Å². The van der Waals surface area contributed by atoms with Gasteiger partial charge >= 0.3 is 0 Å². The van der Waals surface area contributed by atoms with Gasteiger partial charge in [-0.2, -0.15) is 0 Å². The molecule has 0 rings (SSSR count). The van der Waals surface area contributed by atoms with Crippen LogP contribution in [0.4, 0.5) is 0 Å². The molecule has 0 spiro atoms. The van der Waals surface area contributed by atoms with E-state index >= 15 is 0 Å². The normalized spacial score (nSPS) is 10.1. The Morgan fingerprint density at radius 1 is 0.357 bits per heavy atom. The summed E-state index contributed by atoms with van der Waals surface area (Å²) in [5.41, 5.74) is 0. The van der Waals surface area contributed by atoms with Crippen molar-refractivity contribution in [3.8, 4) is 0 Å². The molecule has 2 nitrogen and oxygen atoms in total. The number of unbranched alkanes of at least 4 members (excludes halogenated alkanes) is 19. The van der Waals surface area contributed by atoms with E-state index in [1.165, 1.54) is 128 Å². The van der Waals surface area contributed by atoms with E-state index in [0.717, 1.165) is 0 Å². The zero-order valence-corrected chi connectivity index (χ0v) is 21.5. The van der Waals surface area contributed by atoms with Gasteiger partial charge in [0.15, 0.2) is 0 Å². The second-order valence-corrected chi connectivity index (χ2v) is 8.71. The van der Waals surface area contributed by atoms with Crippen molar-refractivity contribution in [3.05, 3.63) is 0 Å². The largest absolute Gasteiger partial charge is 0.344 e. The maximum atomic E-state index is 2.30. The lowest BCUT2D eigenvalue weighted by Crippen LogP contribution is -1.99. The minimum Gasteiger partial charge on any atom is -0.344 e. The smallest absolute Gasteiger partial charge is 0.0140 e. The van der Waals surface area contributed by atoms with Gasteiger partial charge in [-0.25, -0.2) is 0 Å². The Hall–Kier alpha value is 0.210. The summed E-state index contributed by atoms with van der Waals surface area (Å²) in [7, 11) is 6.00. The van der Waals surface area contributed by atoms with Crippen molar-refractivity contribution in [3.63, 3.8) is 0 Å². The van der Waals surface area contributed by atoms with Gasteiger partial charge in [0.1, 0.15) is 0 Å². The highest BCUT2D eigenvalue weighted by Gasteiger charge is 1.94. The highest BCUT2D eigenvalue weighted by Crippen LogP contribution is 2.14. The van der Waals surface area contributed by atoms with Crippen LogP contribution in [0.3, 0.4) is 0 Å². The van der Waals surface area contributed by atoms with Gasteiger partial charge in [0.25, 0.3) is 0 Å². The lowest BCUT2D eigenvalue weighted by molar-refractivity contribution is 0.505. The van der Waals surface area contributed by atoms with E-state index in [4.69, 9.17) is 0 Å². The third-order valence-corrected chi connectivity index (χ3v) is 4.96. The van der Waals surface area contributed by atoms with E-state index in [9.17, 15) is 0 Å². The quantitative estimate of drug-likeness (QED) is 0.210. The first-order chi connectivity index (χ1) is 12.6. The Balaban J connectivity index is -0.000000435. The number of halogens is 1. The van der Waals surface area contributed by atoms with Gasteiger partial charge in [-0.3, -0.25) is 0 Å². The molecule has 0 aliphatic carbocycles. The van der Waals surface area contributed by atoms with Crippen LogP contribution in [-0.2, 0) is 0 Å². The lowest BCUT2D eigenvalue weighted by atomic mass is 10.0. The topological polar surface area (TPSA) is 38.2 Å². The molecule has 3 heteroatoms. The van der Waals surface area contributed by atoms with Crippen LogP contribution < -0.4 is 6.15 Å². The Kier molecular flexibility index (Phi) is 44.2. The molecule has 0 saturated carbocycles. The molecule has 0 unspecified atom stereocenters. The molecule has 0 atom stereocenters. The highest BCUT2D eigenvalue weighted by atomic mass is 35.5. The van der Waals surface area contributed by atoms with Crippen molar-refractivity contribution >= 4 is 12.4 Å².